The molecular weight excluding hydrogens is 184 g/mol. The fraction of sp³-hybridized carbons (Fsp3) is 0.615. The van der Waals surface area contributed by atoms with Crippen LogP contribution in [0.25, 0.3) is 0 Å². The summed E-state index contributed by atoms with van der Waals surface area (Å²) in [4.78, 5) is 0. The zero-order valence-electron chi connectivity index (χ0n) is 9.74. The van der Waals surface area contributed by atoms with Gasteiger partial charge < -0.3 is 4.57 Å². The maximum atomic E-state index is 8.90. The van der Waals surface area contributed by atoms with Crippen LogP contribution in [0.4, 0.5) is 0 Å². The fourth-order valence-electron chi connectivity index (χ4n) is 1.87. The molecule has 1 rings (SSSR count). The van der Waals surface area contributed by atoms with Crippen molar-refractivity contribution in [3.63, 3.8) is 0 Å². The van der Waals surface area contributed by atoms with E-state index in [1.807, 2.05) is 18.3 Å². The molecule has 1 unspecified atom stereocenters. The van der Waals surface area contributed by atoms with Crippen LogP contribution < -0.4 is 0 Å². The second-order valence-electron chi connectivity index (χ2n) is 4.07. The van der Waals surface area contributed by atoms with Gasteiger partial charge >= 0.3 is 0 Å². The maximum Gasteiger partial charge on any atom is 0.120 e. The lowest BCUT2D eigenvalue weighted by atomic mass is 9.99. The second kappa shape index (κ2) is 6.29. The molecular formula is C13H20N2. The smallest absolute Gasteiger partial charge is 0.120 e. The Morgan fingerprint density at radius 1 is 1.47 bits per heavy atom. The van der Waals surface area contributed by atoms with Gasteiger partial charge in [-0.2, -0.15) is 5.26 Å². The van der Waals surface area contributed by atoms with Crippen LogP contribution >= 0.6 is 0 Å². The van der Waals surface area contributed by atoms with E-state index >= 15 is 0 Å². The van der Waals surface area contributed by atoms with Crippen LogP contribution in [0.2, 0.25) is 0 Å². The summed E-state index contributed by atoms with van der Waals surface area (Å²) >= 11 is 0. The fourth-order valence-corrected chi connectivity index (χ4v) is 1.87. The van der Waals surface area contributed by atoms with Gasteiger partial charge in [0.2, 0.25) is 0 Å². The number of nitrogens with zero attached hydrogens (tertiary/aromatic N) is 2. The van der Waals surface area contributed by atoms with Crippen LogP contribution in [0.5, 0.6) is 0 Å². The summed E-state index contributed by atoms with van der Waals surface area (Å²) in [6.45, 7) is 5.45. The van der Waals surface area contributed by atoms with Crippen LogP contribution in [0.15, 0.2) is 18.3 Å². The topological polar surface area (TPSA) is 28.7 Å². The van der Waals surface area contributed by atoms with Crippen LogP contribution in [-0.4, -0.2) is 4.57 Å². The Morgan fingerprint density at radius 3 is 2.87 bits per heavy atom. The Kier molecular flexibility index (Phi) is 4.97. The standard InChI is InChI=1S/C13H20N2/c1-3-5-7-12(4-2)11-15-9-6-8-13(15)10-14/h6,8-9,12H,3-5,7,11H2,1-2H3. The van der Waals surface area contributed by atoms with Gasteiger partial charge in [0.15, 0.2) is 0 Å². The highest BCUT2D eigenvalue weighted by atomic mass is 15.0. The SMILES string of the molecule is CCCCC(CC)Cn1cccc1C#N. The third kappa shape index (κ3) is 3.43. The van der Waals surface area contributed by atoms with Crippen molar-refractivity contribution in [3.05, 3.63) is 24.0 Å². The van der Waals surface area contributed by atoms with E-state index in [2.05, 4.69) is 24.5 Å². The summed E-state index contributed by atoms with van der Waals surface area (Å²) in [6, 6.07) is 6.06. The molecule has 1 atom stereocenters. The second-order valence-corrected chi connectivity index (χ2v) is 4.07. The molecule has 0 bridgehead atoms. The predicted octanol–water partition coefficient (Wildman–Crippen LogP) is 3.58. The van der Waals surface area contributed by atoms with Crippen molar-refractivity contribution in [2.45, 2.75) is 46.1 Å². The highest BCUT2D eigenvalue weighted by molar-refractivity contribution is 5.21. The monoisotopic (exact) mass is 204 g/mol. The van der Waals surface area contributed by atoms with Gasteiger partial charge in [0.05, 0.1) is 0 Å². The molecule has 82 valence electrons. The van der Waals surface area contributed by atoms with E-state index in [4.69, 9.17) is 5.26 Å². The van der Waals surface area contributed by atoms with Gasteiger partial charge in [0.25, 0.3) is 0 Å². The minimum absolute atomic E-state index is 0.712. The molecule has 0 aliphatic rings. The van der Waals surface area contributed by atoms with E-state index in [0.29, 0.717) is 5.92 Å². The van der Waals surface area contributed by atoms with E-state index < -0.39 is 0 Å². The molecule has 0 fully saturated rings. The molecule has 0 radical (unpaired) electrons. The Bertz CT molecular complexity index is 320. The highest BCUT2D eigenvalue weighted by Crippen LogP contribution is 2.16. The first-order chi connectivity index (χ1) is 7.31. The third-order valence-electron chi connectivity index (χ3n) is 2.94. The van der Waals surface area contributed by atoms with Crippen molar-refractivity contribution in [3.8, 4) is 6.07 Å². The van der Waals surface area contributed by atoms with E-state index in [9.17, 15) is 0 Å². The van der Waals surface area contributed by atoms with E-state index in [1.165, 1.54) is 25.7 Å². The van der Waals surface area contributed by atoms with Crippen LogP contribution in [-0.2, 0) is 6.54 Å². The molecule has 1 aromatic heterocycles. The number of aromatic nitrogens is 1. The van der Waals surface area contributed by atoms with Crippen molar-refractivity contribution < 1.29 is 0 Å². The van der Waals surface area contributed by atoms with Crippen LogP contribution in [0, 0.1) is 17.2 Å². The van der Waals surface area contributed by atoms with E-state index in [0.717, 1.165) is 12.2 Å². The summed E-state index contributed by atoms with van der Waals surface area (Å²) in [5.41, 5.74) is 0.782. The lowest BCUT2D eigenvalue weighted by Crippen LogP contribution is -2.10. The van der Waals surface area contributed by atoms with E-state index in [-0.39, 0.29) is 0 Å². The predicted molar refractivity (Wildman–Crippen MR) is 62.5 cm³/mol. The minimum Gasteiger partial charge on any atom is -0.339 e. The molecule has 0 amide bonds. The molecule has 15 heavy (non-hydrogen) atoms. The van der Waals surface area contributed by atoms with Crippen molar-refractivity contribution in [2.75, 3.05) is 0 Å². The molecule has 0 aliphatic carbocycles. The quantitative estimate of drug-likeness (QED) is 0.696. The van der Waals surface area contributed by atoms with Gasteiger partial charge in [-0.15, -0.1) is 0 Å². The Hall–Kier alpha value is -1.23. The Labute approximate surface area is 92.5 Å². The molecule has 0 spiro atoms. The summed E-state index contributed by atoms with van der Waals surface area (Å²) in [6.07, 6.45) is 7.03. The first-order valence-corrected chi connectivity index (χ1v) is 5.87. The summed E-state index contributed by atoms with van der Waals surface area (Å²) in [5, 5.41) is 8.90. The van der Waals surface area contributed by atoms with Gasteiger partial charge in [0, 0.05) is 12.7 Å². The summed E-state index contributed by atoms with van der Waals surface area (Å²) < 4.78 is 2.07. The zero-order valence-corrected chi connectivity index (χ0v) is 9.74. The number of nitriles is 1. The number of hydrogen-bond donors (Lipinski definition) is 0. The average Bonchev–Trinajstić information content (AvgIpc) is 2.71. The van der Waals surface area contributed by atoms with E-state index in [1.54, 1.807) is 0 Å². The Morgan fingerprint density at radius 2 is 2.27 bits per heavy atom. The van der Waals surface area contributed by atoms with Crippen molar-refractivity contribution >= 4 is 0 Å². The molecule has 0 aromatic carbocycles. The molecule has 0 N–H and O–H groups in total. The molecule has 1 heterocycles. The van der Waals surface area contributed by atoms with Gasteiger partial charge in [0.1, 0.15) is 11.8 Å². The molecule has 0 saturated carbocycles. The third-order valence-corrected chi connectivity index (χ3v) is 2.94. The lowest BCUT2D eigenvalue weighted by Gasteiger charge is -2.15. The van der Waals surface area contributed by atoms with Crippen molar-refractivity contribution in [2.24, 2.45) is 5.92 Å². The average molecular weight is 204 g/mol. The first kappa shape index (κ1) is 11.8. The molecule has 0 aliphatic heterocycles. The number of unbranched alkanes of at least 4 members (excludes halogenated alkanes) is 1. The Balaban J connectivity index is 2.55. The van der Waals surface area contributed by atoms with Crippen LogP contribution in [0.1, 0.15) is 45.2 Å². The van der Waals surface area contributed by atoms with Crippen molar-refractivity contribution in [1.82, 2.24) is 4.57 Å². The summed E-state index contributed by atoms with van der Waals surface area (Å²) in [5.74, 6) is 0.712. The minimum atomic E-state index is 0.712. The largest absolute Gasteiger partial charge is 0.339 e. The number of rotatable bonds is 6. The molecule has 2 heteroatoms. The number of hydrogen-bond acceptors (Lipinski definition) is 1. The molecule has 1 aromatic rings. The van der Waals surface area contributed by atoms with Gasteiger partial charge in [-0.25, -0.2) is 0 Å². The normalized spacial score (nSPS) is 12.3. The highest BCUT2D eigenvalue weighted by Gasteiger charge is 2.08. The molecule has 2 nitrogen and oxygen atoms in total. The lowest BCUT2D eigenvalue weighted by molar-refractivity contribution is 0.390. The van der Waals surface area contributed by atoms with Gasteiger partial charge in [-0.3, -0.25) is 0 Å². The van der Waals surface area contributed by atoms with Crippen LogP contribution in [0.3, 0.4) is 0 Å². The molecule has 0 saturated heterocycles. The van der Waals surface area contributed by atoms with Crippen molar-refractivity contribution in [1.29, 1.82) is 5.26 Å². The van der Waals surface area contributed by atoms with Gasteiger partial charge in [-0.1, -0.05) is 33.1 Å². The maximum absolute atomic E-state index is 8.90. The van der Waals surface area contributed by atoms with Gasteiger partial charge in [-0.05, 0) is 24.5 Å². The summed E-state index contributed by atoms with van der Waals surface area (Å²) in [7, 11) is 0. The zero-order chi connectivity index (χ0) is 11.1. The first-order valence-electron chi connectivity index (χ1n) is 5.87.